The fourth-order valence-electron chi connectivity index (χ4n) is 3.38. The second-order valence-corrected chi connectivity index (χ2v) is 7.95. The zero-order valence-electron chi connectivity index (χ0n) is 17.7. The number of rotatable bonds is 5. The molecule has 0 atom stereocenters. The van der Waals surface area contributed by atoms with Crippen molar-refractivity contribution in [2.45, 2.75) is 13.5 Å². The molecule has 0 radical (unpaired) electrons. The molecule has 34 heavy (non-hydrogen) atoms. The first-order chi connectivity index (χ1) is 16.4. The Morgan fingerprint density at radius 2 is 1.97 bits per heavy atom. The lowest BCUT2D eigenvalue weighted by Crippen LogP contribution is -2.28. The predicted molar refractivity (Wildman–Crippen MR) is 123 cm³/mol. The minimum absolute atomic E-state index is 0.0543. The van der Waals surface area contributed by atoms with E-state index in [4.69, 9.17) is 16.1 Å². The quantitative estimate of drug-likeness (QED) is 0.410. The summed E-state index contributed by atoms with van der Waals surface area (Å²) in [6, 6.07) is 14.8. The van der Waals surface area contributed by atoms with Crippen LogP contribution in [0.1, 0.15) is 5.56 Å². The van der Waals surface area contributed by atoms with E-state index in [1.807, 2.05) is 31.2 Å². The SMILES string of the molecule is Cc1ccc(-c2noc(-c3cccn4c(=O)n(CC(=O)Nc5ccc(Cl)cc5F)nc34)n2)cc1. The van der Waals surface area contributed by atoms with Gasteiger partial charge in [-0.05, 0) is 37.3 Å². The molecule has 9 nitrogen and oxygen atoms in total. The molecule has 0 unspecified atom stereocenters. The highest BCUT2D eigenvalue weighted by Gasteiger charge is 2.19. The van der Waals surface area contributed by atoms with E-state index in [1.54, 1.807) is 12.1 Å². The fraction of sp³-hybridized carbons (Fsp3) is 0.0870. The number of anilines is 1. The molecule has 0 saturated heterocycles. The third-order valence-electron chi connectivity index (χ3n) is 5.07. The molecule has 0 aliphatic rings. The average Bonchev–Trinajstić information content (AvgIpc) is 3.42. The molecule has 3 heterocycles. The van der Waals surface area contributed by atoms with Gasteiger partial charge in [-0.15, -0.1) is 5.10 Å². The number of carbonyl (C=O) groups excluding carboxylic acids is 1. The van der Waals surface area contributed by atoms with Crippen molar-refractivity contribution < 1.29 is 13.7 Å². The summed E-state index contributed by atoms with van der Waals surface area (Å²) in [5, 5.41) is 10.9. The molecule has 0 fully saturated rings. The molecule has 11 heteroatoms. The number of pyridine rings is 1. The molecule has 5 aromatic rings. The molecule has 3 aromatic heterocycles. The van der Waals surface area contributed by atoms with Gasteiger partial charge in [-0.3, -0.25) is 4.79 Å². The first kappa shape index (κ1) is 21.5. The number of hydrogen-bond acceptors (Lipinski definition) is 6. The van der Waals surface area contributed by atoms with Crippen LogP contribution in [-0.4, -0.2) is 30.2 Å². The molecule has 1 N–H and O–H groups in total. The molecule has 5 rings (SSSR count). The number of halogens is 2. The van der Waals surface area contributed by atoms with Crippen LogP contribution in [0.2, 0.25) is 5.02 Å². The fourth-order valence-corrected chi connectivity index (χ4v) is 3.54. The van der Waals surface area contributed by atoms with Crippen molar-refractivity contribution in [1.29, 1.82) is 0 Å². The zero-order chi connectivity index (χ0) is 23.8. The third-order valence-corrected chi connectivity index (χ3v) is 5.31. The highest BCUT2D eigenvalue weighted by Crippen LogP contribution is 2.25. The molecule has 0 aliphatic heterocycles. The Kier molecular flexibility index (Phi) is 5.42. The van der Waals surface area contributed by atoms with Gasteiger partial charge < -0.3 is 9.84 Å². The van der Waals surface area contributed by atoms with Crippen LogP contribution in [-0.2, 0) is 11.3 Å². The molecule has 170 valence electrons. The number of fused-ring (bicyclic) bond motifs is 1. The van der Waals surface area contributed by atoms with Crippen molar-refractivity contribution in [3.8, 4) is 22.8 Å². The second-order valence-electron chi connectivity index (χ2n) is 7.52. The summed E-state index contributed by atoms with van der Waals surface area (Å²) < 4.78 is 21.6. The predicted octanol–water partition coefficient (Wildman–Crippen LogP) is 3.95. The van der Waals surface area contributed by atoms with E-state index in [2.05, 4.69) is 20.6 Å². The van der Waals surface area contributed by atoms with Crippen molar-refractivity contribution in [3.05, 3.63) is 87.7 Å². The third kappa shape index (κ3) is 4.06. The average molecular weight is 479 g/mol. The van der Waals surface area contributed by atoms with Crippen LogP contribution < -0.4 is 11.0 Å². The van der Waals surface area contributed by atoms with Gasteiger partial charge in [-0.2, -0.15) is 4.98 Å². The van der Waals surface area contributed by atoms with Crippen LogP contribution in [0.4, 0.5) is 10.1 Å². The van der Waals surface area contributed by atoms with Crippen LogP contribution >= 0.6 is 11.6 Å². The first-order valence-electron chi connectivity index (χ1n) is 10.1. The van der Waals surface area contributed by atoms with Gasteiger partial charge in [0.25, 0.3) is 5.89 Å². The van der Waals surface area contributed by atoms with Gasteiger partial charge in [0.05, 0.1) is 11.3 Å². The van der Waals surface area contributed by atoms with Crippen LogP contribution in [0.5, 0.6) is 0 Å². The van der Waals surface area contributed by atoms with E-state index < -0.39 is 24.0 Å². The number of amides is 1. The standard InChI is InChI=1S/C23H16ClFN6O3/c1-13-4-6-14(7-5-13)20-27-22(34-29-20)16-3-2-10-30-21(16)28-31(23(30)33)12-19(32)26-18-9-8-15(24)11-17(18)25/h2-11H,12H2,1H3,(H,26,32). The number of aryl methyl sites for hydroxylation is 1. The maximum atomic E-state index is 14.0. The maximum Gasteiger partial charge on any atom is 0.350 e. The van der Waals surface area contributed by atoms with Gasteiger partial charge in [-0.1, -0.05) is 46.6 Å². The summed E-state index contributed by atoms with van der Waals surface area (Å²) in [6.45, 7) is 1.55. The van der Waals surface area contributed by atoms with Crippen molar-refractivity contribution in [3.63, 3.8) is 0 Å². The van der Waals surface area contributed by atoms with Gasteiger partial charge in [-0.25, -0.2) is 18.3 Å². The number of benzene rings is 2. The maximum absolute atomic E-state index is 14.0. The van der Waals surface area contributed by atoms with Crippen molar-refractivity contribution >= 4 is 28.8 Å². The summed E-state index contributed by atoms with van der Waals surface area (Å²) in [6.07, 6.45) is 1.51. The van der Waals surface area contributed by atoms with Gasteiger partial charge in [0.15, 0.2) is 5.65 Å². The Hall–Kier alpha value is -4.31. The van der Waals surface area contributed by atoms with Crippen LogP contribution in [0.25, 0.3) is 28.5 Å². The van der Waals surface area contributed by atoms with E-state index in [-0.39, 0.29) is 22.2 Å². The highest BCUT2D eigenvalue weighted by molar-refractivity contribution is 6.30. The number of carbonyl (C=O) groups is 1. The Balaban J connectivity index is 1.44. The molecule has 0 aliphatic carbocycles. The number of hydrogen-bond donors (Lipinski definition) is 1. The Morgan fingerprint density at radius 1 is 1.18 bits per heavy atom. The molecule has 0 bridgehead atoms. The van der Waals surface area contributed by atoms with Crippen molar-refractivity contribution in [2.75, 3.05) is 5.32 Å². The lowest BCUT2D eigenvalue weighted by Gasteiger charge is -2.06. The van der Waals surface area contributed by atoms with Crippen LogP contribution in [0.15, 0.2) is 70.1 Å². The van der Waals surface area contributed by atoms with Crippen molar-refractivity contribution in [2.24, 2.45) is 0 Å². The van der Waals surface area contributed by atoms with E-state index >= 15 is 0 Å². The van der Waals surface area contributed by atoms with E-state index in [0.717, 1.165) is 21.9 Å². The second kappa shape index (κ2) is 8.56. The Morgan fingerprint density at radius 3 is 2.74 bits per heavy atom. The normalized spacial score (nSPS) is 11.1. The molecule has 2 aromatic carbocycles. The number of nitrogens with zero attached hydrogens (tertiary/aromatic N) is 5. The van der Waals surface area contributed by atoms with Crippen LogP contribution in [0, 0.1) is 12.7 Å². The van der Waals surface area contributed by atoms with Gasteiger partial charge in [0.2, 0.25) is 11.7 Å². The van der Waals surface area contributed by atoms with Gasteiger partial charge >= 0.3 is 5.69 Å². The highest BCUT2D eigenvalue weighted by atomic mass is 35.5. The smallest absolute Gasteiger partial charge is 0.333 e. The monoisotopic (exact) mass is 478 g/mol. The zero-order valence-corrected chi connectivity index (χ0v) is 18.5. The minimum Gasteiger partial charge on any atom is -0.333 e. The lowest BCUT2D eigenvalue weighted by molar-refractivity contribution is -0.117. The molecular weight excluding hydrogens is 463 g/mol. The summed E-state index contributed by atoms with van der Waals surface area (Å²) in [5.74, 6) is -0.756. The van der Waals surface area contributed by atoms with Crippen molar-refractivity contribution in [1.82, 2.24) is 24.3 Å². The lowest BCUT2D eigenvalue weighted by atomic mass is 10.1. The number of nitrogens with one attached hydrogen (secondary N) is 1. The molecule has 0 saturated carbocycles. The van der Waals surface area contributed by atoms with E-state index in [9.17, 15) is 14.0 Å². The molecular formula is C23H16ClFN6O3. The van der Waals surface area contributed by atoms with E-state index in [0.29, 0.717) is 11.4 Å². The van der Waals surface area contributed by atoms with E-state index in [1.165, 1.54) is 22.7 Å². The molecule has 1 amide bonds. The first-order valence-corrected chi connectivity index (χ1v) is 10.5. The van der Waals surface area contributed by atoms with Crippen LogP contribution in [0.3, 0.4) is 0 Å². The topological polar surface area (TPSA) is 107 Å². The Labute approximate surface area is 196 Å². The largest absolute Gasteiger partial charge is 0.350 e. The number of aromatic nitrogens is 5. The summed E-state index contributed by atoms with van der Waals surface area (Å²) in [7, 11) is 0. The summed E-state index contributed by atoms with van der Waals surface area (Å²) >= 11 is 5.73. The molecule has 0 spiro atoms. The summed E-state index contributed by atoms with van der Waals surface area (Å²) in [4.78, 5) is 29.7. The minimum atomic E-state index is -0.689. The summed E-state index contributed by atoms with van der Waals surface area (Å²) in [5.41, 5.74) is 1.93. The van der Waals surface area contributed by atoms with Gasteiger partial charge in [0.1, 0.15) is 12.4 Å². The Bertz CT molecular complexity index is 1590. The van der Waals surface area contributed by atoms with Gasteiger partial charge in [0, 0.05) is 16.8 Å².